The first-order chi connectivity index (χ1) is 13.0. The predicted molar refractivity (Wildman–Crippen MR) is 105 cm³/mol. The van der Waals surface area contributed by atoms with Crippen molar-refractivity contribution < 1.29 is 14.7 Å². The fraction of sp³-hybridized carbons (Fsp3) is 0.364. The number of nitrogens with one attached hydrogen (secondary N) is 1. The number of nitrogens with zero attached hydrogens (tertiary/aromatic N) is 1. The summed E-state index contributed by atoms with van der Waals surface area (Å²) < 4.78 is 0. The zero-order chi connectivity index (χ0) is 19.1. The Hall–Kier alpha value is -2.82. The Morgan fingerprint density at radius 3 is 2.33 bits per heavy atom. The first kappa shape index (κ1) is 17.6. The minimum absolute atomic E-state index is 0.0677. The summed E-state index contributed by atoms with van der Waals surface area (Å²) in [4.78, 5) is 25.5. The number of anilines is 2. The van der Waals surface area contributed by atoms with Gasteiger partial charge in [0, 0.05) is 30.3 Å². The topological polar surface area (TPSA) is 69.6 Å². The van der Waals surface area contributed by atoms with E-state index in [1.807, 2.05) is 35.2 Å². The van der Waals surface area contributed by atoms with Gasteiger partial charge in [-0.15, -0.1) is 0 Å². The van der Waals surface area contributed by atoms with Crippen LogP contribution in [0.5, 0.6) is 0 Å². The van der Waals surface area contributed by atoms with Crippen LogP contribution in [0.3, 0.4) is 0 Å². The average molecular weight is 364 g/mol. The minimum Gasteiger partial charge on any atom is -0.478 e. The number of rotatable bonds is 4. The maximum Gasteiger partial charge on any atom is 0.335 e. The van der Waals surface area contributed by atoms with Crippen molar-refractivity contribution in [3.05, 3.63) is 59.7 Å². The molecule has 2 aromatic rings. The van der Waals surface area contributed by atoms with Gasteiger partial charge in [0.15, 0.2) is 0 Å². The summed E-state index contributed by atoms with van der Waals surface area (Å²) in [5, 5.41) is 12.7. The maximum absolute atomic E-state index is 12.5. The molecule has 2 aliphatic rings. The van der Waals surface area contributed by atoms with E-state index in [2.05, 4.69) is 18.3 Å². The van der Waals surface area contributed by atoms with Crippen LogP contribution in [-0.4, -0.2) is 23.0 Å². The largest absolute Gasteiger partial charge is 0.478 e. The van der Waals surface area contributed by atoms with E-state index < -0.39 is 5.97 Å². The van der Waals surface area contributed by atoms with Crippen molar-refractivity contribution in [3.63, 3.8) is 0 Å². The van der Waals surface area contributed by atoms with Gasteiger partial charge in [0.25, 0.3) is 0 Å². The van der Waals surface area contributed by atoms with E-state index in [-0.39, 0.29) is 29.5 Å². The first-order valence-electron chi connectivity index (χ1n) is 9.46. The summed E-state index contributed by atoms with van der Waals surface area (Å²) in [5.74, 6) is -0.0364. The monoisotopic (exact) mass is 364 g/mol. The Kier molecular flexibility index (Phi) is 4.38. The third kappa shape index (κ3) is 3.18. The number of hydrogen-bond donors (Lipinski definition) is 2. The second-order valence-electron chi connectivity index (χ2n) is 7.64. The molecule has 0 radical (unpaired) electrons. The number of hydrogen-bond acceptors (Lipinski definition) is 3. The van der Waals surface area contributed by atoms with Crippen LogP contribution in [0.2, 0.25) is 0 Å². The molecule has 1 unspecified atom stereocenters. The molecule has 0 bridgehead atoms. The highest BCUT2D eigenvalue weighted by molar-refractivity contribution is 5.94. The van der Waals surface area contributed by atoms with Gasteiger partial charge in [-0.05, 0) is 54.7 Å². The fourth-order valence-electron chi connectivity index (χ4n) is 4.40. The molecular weight excluding hydrogens is 340 g/mol. The Bertz CT molecular complexity index is 873. The number of aromatic carboxylic acids is 1. The zero-order valence-electron chi connectivity index (χ0n) is 15.6. The van der Waals surface area contributed by atoms with Gasteiger partial charge in [-0.3, -0.25) is 4.79 Å². The highest BCUT2D eigenvalue weighted by atomic mass is 16.4. The molecule has 2 aromatic carbocycles. The number of benzene rings is 2. The van der Waals surface area contributed by atoms with Gasteiger partial charge < -0.3 is 15.3 Å². The molecule has 1 amide bonds. The van der Waals surface area contributed by atoms with Crippen LogP contribution < -0.4 is 10.2 Å². The standard InChI is InChI=1S/C22H24N2O3/c1-13-20(23-17-11-9-16(10-12-17)22(26)27)18-5-3-4-6-19(18)24(14(2)25)21(13)15-7-8-15/h3-6,9-13,15,20-21,23H,7-8H2,1-2H3,(H,26,27)/t13-,20?,21-/m1/s1. The van der Waals surface area contributed by atoms with E-state index in [1.165, 1.54) is 12.8 Å². The van der Waals surface area contributed by atoms with Crippen molar-refractivity contribution in [1.82, 2.24) is 0 Å². The zero-order valence-corrected chi connectivity index (χ0v) is 15.6. The molecule has 1 aliphatic heterocycles. The van der Waals surface area contributed by atoms with Gasteiger partial charge in [0.1, 0.15) is 0 Å². The Balaban J connectivity index is 1.71. The van der Waals surface area contributed by atoms with Gasteiger partial charge in [-0.25, -0.2) is 4.79 Å². The fourth-order valence-corrected chi connectivity index (χ4v) is 4.40. The van der Waals surface area contributed by atoms with Crippen LogP contribution in [0.4, 0.5) is 11.4 Å². The SMILES string of the molecule is CC(=O)N1c2ccccc2C(Nc2ccc(C(=O)O)cc2)[C@@H](C)[C@@H]1C1CC1. The van der Waals surface area contributed by atoms with E-state index in [9.17, 15) is 9.59 Å². The number of carbonyl (C=O) groups excluding carboxylic acids is 1. The van der Waals surface area contributed by atoms with Gasteiger partial charge in [0.05, 0.1) is 11.6 Å². The average Bonchev–Trinajstić information content (AvgIpc) is 3.48. The van der Waals surface area contributed by atoms with E-state index in [4.69, 9.17) is 5.11 Å². The van der Waals surface area contributed by atoms with Crippen LogP contribution in [0.15, 0.2) is 48.5 Å². The normalized spacial score (nSPS) is 24.2. The van der Waals surface area contributed by atoms with E-state index >= 15 is 0 Å². The van der Waals surface area contributed by atoms with Crippen LogP contribution in [-0.2, 0) is 4.79 Å². The quantitative estimate of drug-likeness (QED) is 0.848. The van der Waals surface area contributed by atoms with Crippen molar-refractivity contribution >= 4 is 23.3 Å². The van der Waals surface area contributed by atoms with Crippen LogP contribution in [0.25, 0.3) is 0 Å². The number of fused-ring (bicyclic) bond motifs is 1. The molecule has 140 valence electrons. The number of carboxylic acids is 1. The van der Waals surface area contributed by atoms with Crippen molar-refractivity contribution in [2.45, 2.75) is 38.8 Å². The smallest absolute Gasteiger partial charge is 0.335 e. The lowest BCUT2D eigenvalue weighted by Crippen LogP contribution is -2.51. The van der Waals surface area contributed by atoms with Gasteiger partial charge >= 0.3 is 5.97 Å². The summed E-state index contributed by atoms with van der Waals surface area (Å²) in [5.41, 5.74) is 3.26. The highest BCUT2D eigenvalue weighted by Gasteiger charge is 2.47. The molecule has 1 fully saturated rings. The molecular formula is C22H24N2O3. The predicted octanol–water partition coefficient (Wildman–Crippen LogP) is 4.32. The molecule has 0 spiro atoms. The number of carboxylic acid groups (broad SMARTS) is 1. The van der Waals surface area contributed by atoms with E-state index in [0.29, 0.717) is 5.92 Å². The van der Waals surface area contributed by atoms with Crippen molar-refractivity contribution in [2.75, 3.05) is 10.2 Å². The summed E-state index contributed by atoms with van der Waals surface area (Å²) in [6.07, 6.45) is 2.34. The second kappa shape index (κ2) is 6.72. The highest BCUT2D eigenvalue weighted by Crippen LogP contribution is 2.49. The lowest BCUT2D eigenvalue weighted by atomic mass is 9.80. The molecule has 2 N–H and O–H groups in total. The lowest BCUT2D eigenvalue weighted by molar-refractivity contribution is -0.117. The first-order valence-corrected chi connectivity index (χ1v) is 9.46. The summed E-state index contributed by atoms with van der Waals surface area (Å²) in [6.45, 7) is 3.86. The molecule has 1 aliphatic carbocycles. The van der Waals surface area contributed by atoms with Gasteiger partial charge in [0.2, 0.25) is 5.91 Å². The van der Waals surface area contributed by atoms with Crippen LogP contribution in [0, 0.1) is 11.8 Å². The minimum atomic E-state index is -0.927. The maximum atomic E-state index is 12.5. The van der Waals surface area contributed by atoms with Gasteiger partial charge in [-0.1, -0.05) is 25.1 Å². The van der Waals surface area contributed by atoms with Crippen LogP contribution in [0.1, 0.15) is 48.7 Å². The molecule has 1 saturated carbocycles. The third-order valence-corrected chi connectivity index (χ3v) is 5.79. The number of para-hydroxylation sites is 1. The molecule has 5 heteroatoms. The van der Waals surface area contributed by atoms with Crippen LogP contribution >= 0.6 is 0 Å². The second-order valence-corrected chi connectivity index (χ2v) is 7.64. The molecule has 3 atom stereocenters. The summed E-state index contributed by atoms with van der Waals surface area (Å²) in [7, 11) is 0. The van der Waals surface area contributed by atoms with E-state index in [1.54, 1.807) is 19.1 Å². The van der Waals surface area contributed by atoms with E-state index in [0.717, 1.165) is 16.9 Å². The van der Waals surface area contributed by atoms with Crippen molar-refractivity contribution in [3.8, 4) is 0 Å². The third-order valence-electron chi connectivity index (χ3n) is 5.79. The number of amides is 1. The summed E-state index contributed by atoms with van der Waals surface area (Å²) in [6, 6.07) is 15.2. The molecule has 4 rings (SSSR count). The summed E-state index contributed by atoms with van der Waals surface area (Å²) >= 11 is 0. The van der Waals surface area contributed by atoms with Crippen molar-refractivity contribution in [2.24, 2.45) is 11.8 Å². The molecule has 1 heterocycles. The lowest BCUT2D eigenvalue weighted by Gasteiger charge is -2.46. The van der Waals surface area contributed by atoms with Gasteiger partial charge in [-0.2, -0.15) is 0 Å². The molecule has 0 saturated heterocycles. The Morgan fingerprint density at radius 2 is 1.74 bits per heavy atom. The Labute approximate surface area is 159 Å². The van der Waals surface area contributed by atoms with Crippen molar-refractivity contribution in [1.29, 1.82) is 0 Å². The Morgan fingerprint density at radius 1 is 1.07 bits per heavy atom. The number of carbonyl (C=O) groups is 2. The molecule has 27 heavy (non-hydrogen) atoms. The molecule has 5 nitrogen and oxygen atoms in total. The molecule has 0 aromatic heterocycles.